The first kappa shape index (κ1) is 39.8. The van der Waals surface area contributed by atoms with Gasteiger partial charge in [0.15, 0.2) is 0 Å². The van der Waals surface area contributed by atoms with Gasteiger partial charge in [0.05, 0.1) is 50.2 Å². The molecule has 14 rings (SSSR count). The summed E-state index contributed by atoms with van der Waals surface area (Å²) in [5, 5.41) is 7.23. The molecule has 14 aromatic rings. The maximum absolute atomic E-state index is 2.51. The number of anilines is 3. The van der Waals surface area contributed by atoms with Crippen LogP contribution in [-0.4, -0.2) is 13.7 Å². The third-order valence-electron chi connectivity index (χ3n) is 14.2. The first-order chi connectivity index (χ1) is 34.8. The van der Waals surface area contributed by atoms with E-state index in [1.165, 1.54) is 43.4 Å². The van der Waals surface area contributed by atoms with Gasteiger partial charge >= 0.3 is 0 Å². The summed E-state index contributed by atoms with van der Waals surface area (Å²) in [5.41, 5.74) is 18.1. The number of aromatic nitrogens is 3. The fraction of sp³-hybridized carbons (Fsp3) is 0. The van der Waals surface area contributed by atoms with Crippen LogP contribution in [0.1, 0.15) is 0 Å². The Morgan fingerprint density at radius 2 is 0.714 bits per heavy atom. The van der Waals surface area contributed by atoms with Gasteiger partial charge < -0.3 is 18.6 Å². The second-order valence-electron chi connectivity index (χ2n) is 18.1. The monoisotopic (exact) mass is 892 g/mol. The minimum absolute atomic E-state index is 1.04. The fourth-order valence-corrected chi connectivity index (χ4v) is 11.2. The van der Waals surface area contributed by atoms with Crippen LogP contribution in [0.5, 0.6) is 0 Å². The van der Waals surface area contributed by atoms with Crippen molar-refractivity contribution < 1.29 is 0 Å². The Labute approximate surface area is 405 Å². The summed E-state index contributed by atoms with van der Waals surface area (Å²) in [4.78, 5) is 2.51. The zero-order chi connectivity index (χ0) is 46.1. The van der Waals surface area contributed by atoms with Crippen LogP contribution in [0.15, 0.2) is 267 Å². The molecular weight excluding hydrogens is 849 g/mol. The van der Waals surface area contributed by atoms with Crippen LogP contribution in [0, 0.1) is 0 Å². The zero-order valence-corrected chi connectivity index (χ0v) is 38.2. The van der Waals surface area contributed by atoms with Gasteiger partial charge in [-0.1, -0.05) is 176 Å². The van der Waals surface area contributed by atoms with Crippen molar-refractivity contribution in [3.63, 3.8) is 0 Å². The van der Waals surface area contributed by atoms with Crippen molar-refractivity contribution in [3.8, 4) is 39.3 Å². The van der Waals surface area contributed by atoms with Crippen molar-refractivity contribution in [1.82, 2.24) is 13.7 Å². The zero-order valence-electron chi connectivity index (χ0n) is 38.2. The summed E-state index contributed by atoms with van der Waals surface area (Å²) in [5.74, 6) is 0. The lowest BCUT2D eigenvalue weighted by molar-refractivity contribution is 1.16. The van der Waals surface area contributed by atoms with Crippen LogP contribution in [0.25, 0.3) is 105 Å². The predicted octanol–water partition coefficient (Wildman–Crippen LogP) is 17.8. The first-order valence-electron chi connectivity index (χ1n) is 24.0. The molecule has 0 aliphatic heterocycles. The fourth-order valence-electron chi connectivity index (χ4n) is 11.2. The highest BCUT2D eigenvalue weighted by Gasteiger charge is 2.26. The number of benzene rings is 11. The Morgan fingerprint density at radius 1 is 0.257 bits per heavy atom. The van der Waals surface area contributed by atoms with E-state index in [2.05, 4.69) is 286 Å². The largest absolute Gasteiger partial charge is 0.310 e. The molecule has 328 valence electrons. The standard InChI is InChI=1S/C66H44N4/c1-5-21-45(22-6-1)47-37-39-62(56(41-47)46-23-7-2-8-24-46)67(50-38-40-63-57(42-50)54-31-15-17-33-58(54)68(63)48-25-9-3-10-26-48)51-43-64-66(55-32-16-20-36-61(55)69(64)49-27-11-4-12-28-49)65(44-51)70-59-34-18-13-29-52(59)53-30-14-19-35-60(53)70/h1-44H. The van der Waals surface area contributed by atoms with E-state index in [4.69, 9.17) is 0 Å². The molecule has 0 saturated heterocycles. The van der Waals surface area contributed by atoms with Gasteiger partial charge in [0, 0.05) is 54.9 Å². The molecule has 0 radical (unpaired) electrons. The second kappa shape index (κ2) is 16.2. The molecule has 3 aromatic heterocycles. The van der Waals surface area contributed by atoms with Gasteiger partial charge in [-0.05, 0) is 108 Å². The van der Waals surface area contributed by atoms with E-state index >= 15 is 0 Å². The maximum atomic E-state index is 2.51. The Bertz CT molecular complexity index is 4220. The molecule has 0 spiro atoms. The van der Waals surface area contributed by atoms with Gasteiger partial charge in [-0.15, -0.1) is 0 Å². The van der Waals surface area contributed by atoms with Gasteiger partial charge in [-0.25, -0.2) is 0 Å². The molecule has 0 amide bonds. The number of para-hydroxylation sites is 6. The SMILES string of the molecule is c1ccc(-c2ccc(N(c3ccc4c(c3)c3ccccc3n4-c3ccccc3)c3cc(-n4c5ccccc5c5ccccc54)c4c5ccccc5n(-c5ccccc5)c4c3)c(-c3ccccc3)c2)cc1. The number of hydrogen-bond donors (Lipinski definition) is 0. The van der Waals surface area contributed by atoms with Crippen LogP contribution in [0.4, 0.5) is 17.1 Å². The Balaban J connectivity index is 1.14. The van der Waals surface area contributed by atoms with Crippen molar-refractivity contribution in [2.24, 2.45) is 0 Å². The maximum Gasteiger partial charge on any atom is 0.0583 e. The molecule has 4 heteroatoms. The highest BCUT2D eigenvalue weighted by molar-refractivity contribution is 6.18. The van der Waals surface area contributed by atoms with Crippen LogP contribution in [0.2, 0.25) is 0 Å². The summed E-state index contributed by atoms with van der Waals surface area (Å²) < 4.78 is 7.36. The third-order valence-corrected chi connectivity index (χ3v) is 14.2. The summed E-state index contributed by atoms with van der Waals surface area (Å²) in [7, 11) is 0. The van der Waals surface area contributed by atoms with Crippen LogP contribution >= 0.6 is 0 Å². The van der Waals surface area contributed by atoms with Gasteiger partial charge in [0.2, 0.25) is 0 Å². The lowest BCUT2D eigenvalue weighted by Gasteiger charge is -2.29. The van der Waals surface area contributed by atoms with Crippen molar-refractivity contribution >= 4 is 82.5 Å². The smallest absolute Gasteiger partial charge is 0.0583 e. The van der Waals surface area contributed by atoms with Crippen LogP contribution < -0.4 is 4.90 Å². The van der Waals surface area contributed by atoms with Crippen LogP contribution in [-0.2, 0) is 0 Å². The molecule has 3 heterocycles. The minimum Gasteiger partial charge on any atom is -0.310 e. The molecule has 0 bridgehead atoms. The summed E-state index contributed by atoms with van der Waals surface area (Å²) in [6, 6.07) is 97.5. The molecule has 0 aliphatic rings. The predicted molar refractivity (Wildman–Crippen MR) is 295 cm³/mol. The number of fused-ring (bicyclic) bond motifs is 9. The summed E-state index contributed by atoms with van der Waals surface area (Å²) in [6.45, 7) is 0. The van der Waals surface area contributed by atoms with E-state index in [0.717, 1.165) is 78.4 Å². The average molecular weight is 893 g/mol. The molecule has 0 fully saturated rings. The van der Waals surface area contributed by atoms with Crippen molar-refractivity contribution in [2.75, 3.05) is 4.90 Å². The Hall–Kier alpha value is -9.38. The van der Waals surface area contributed by atoms with Crippen LogP contribution in [0.3, 0.4) is 0 Å². The number of rotatable bonds is 8. The Morgan fingerprint density at radius 3 is 1.31 bits per heavy atom. The molecule has 0 aliphatic carbocycles. The number of hydrogen-bond acceptors (Lipinski definition) is 1. The molecule has 0 atom stereocenters. The molecule has 0 unspecified atom stereocenters. The topological polar surface area (TPSA) is 18.0 Å². The highest BCUT2D eigenvalue weighted by atomic mass is 15.2. The van der Waals surface area contributed by atoms with Gasteiger partial charge in [-0.3, -0.25) is 0 Å². The summed E-state index contributed by atoms with van der Waals surface area (Å²) >= 11 is 0. The molecule has 4 nitrogen and oxygen atoms in total. The quantitative estimate of drug-likeness (QED) is 0.149. The van der Waals surface area contributed by atoms with Gasteiger partial charge in [0.25, 0.3) is 0 Å². The van der Waals surface area contributed by atoms with E-state index in [-0.39, 0.29) is 0 Å². The lowest BCUT2D eigenvalue weighted by atomic mass is 9.96. The molecular formula is C66H44N4. The van der Waals surface area contributed by atoms with Gasteiger partial charge in [-0.2, -0.15) is 0 Å². The average Bonchev–Trinajstić information content (AvgIpc) is 4.08. The Kier molecular flexibility index (Phi) is 9.17. The lowest BCUT2D eigenvalue weighted by Crippen LogP contribution is -2.12. The molecule has 0 N–H and O–H groups in total. The van der Waals surface area contributed by atoms with E-state index in [1.807, 2.05) is 0 Å². The third kappa shape index (κ3) is 6.24. The second-order valence-corrected chi connectivity index (χ2v) is 18.1. The summed E-state index contributed by atoms with van der Waals surface area (Å²) in [6.07, 6.45) is 0. The molecule has 0 saturated carbocycles. The van der Waals surface area contributed by atoms with Crippen molar-refractivity contribution in [1.29, 1.82) is 0 Å². The number of nitrogens with zero attached hydrogens (tertiary/aromatic N) is 4. The first-order valence-corrected chi connectivity index (χ1v) is 24.0. The molecule has 70 heavy (non-hydrogen) atoms. The normalized spacial score (nSPS) is 11.7. The van der Waals surface area contributed by atoms with E-state index < -0.39 is 0 Å². The van der Waals surface area contributed by atoms with E-state index in [9.17, 15) is 0 Å². The minimum atomic E-state index is 1.04. The van der Waals surface area contributed by atoms with Crippen molar-refractivity contribution in [3.05, 3.63) is 267 Å². The van der Waals surface area contributed by atoms with E-state index in [1.54, 1.807) is 0 Å². The van der Waals surface area contributed by atoms with E-state index in [0.29, 0.717) is 0 Å². The van der Waals surface area contributed by atoms with Crippen molar-refractivity contribution in [2.45, 2.75) is 0 Å². The molecule has 11 aromatic carbocycles. The van der Waals surface area contributed by atoms with Gasteiger partial charge in [0.1, 0.15) is 0 Å². The highest BCUT2D eigenvalue weighted by Crippen LogP contribution is 2.48.